The van der Waals surface area contributed by atoms with Crippen LogP contribution in [-0.2, 0) is 5.41 Å². The largest absolute Gasteiger partial charge is 0.354 e. The van der Waals surface area contributed by atoms with E-state index in [1.165, 1.54) is 99.2 Å². The van der Waals surface area contributed by atoms with E-state index in [9.17, 15) is 0 Å². The van der Waals surface area contributed by atoms with Crippen molar-refractivity contribution in [2.45, 2.75) is 5.41 Å². The van der Waals surface area contributed by atoms with Crippen LogP contribution in [0.5, 0.6) is 0 Å². The molecule has 2 heteroatoms. The minimum atomic E-state index is -0.468. The molecule has 2 N–H and O–H groups in total. The molecule has 11 rings (SSSR count). The van der Waals surface area contributed by atoms with Gasteiger partial charge in [0.05, 0.1) is 16.4 Å². The highest BCUT2D eigenvalue weighted by Crippen LogP contribution is 2.56. The highest BCUT2D eigenvalue weighted by Gasteiger charge is 2.45. The molecule has 0 fully saturated rings. The standard InChI is InChI=1S/C49H32N2/c1-5-19-43-37(11-1)38-12-2-6-20-44(38)49(43,33-27-23-31(24-28-33)35-15-9-17-41-39-13-3-7-21-45(39)50-47(35)41)34-29-25-32(26-30-34)36-16-10-18-42-40-14-4-8-22-46(40)51-48(36)42/h1-30,50-51H. The van der Waals surface area contributed by atoms with E-state index in [-0.39, 0.29) is 0 Å². The Labute approximate surface area is 295 Å². The van der Waals surface area contributed by atoms with Gasteiger partial charge < -0.3 is 9.97 Å². The van der Waals surface area contributed by atoms with Crippen LogP contribution in [0, 0.1) is 0 Å². The van der Waals surface area contributed by atoms with Gasteiger partial charge in [0.15, 0.2) is 0 Å². The summed E-state index contributed by atoms with van der Waals surface area (Å²) in [6.07, 6.45) is 0. The fraction of sp³-hybridized carbons (Fsp3) is 0.0204. The topological polar surface area (TPSA) is 31.6 Å². The van der Waals surface area contributed by atoms with Gasteiger partial charge in [-0.15, -0.1) is 0 Å². The highest BCUT2D eigenvalue weighted by atomic mass is 14.7. The number of hydrogen-bond acceptors (Lipinski definition) is 0. The van der Waals surface area contributed by atoms with Crippen LogP contribution in [0.3, 0.4) is 0 Å². The van der Waals surface area contributed by atoms with Crippen LogP contribution < -0.4 is 0 Å². The monoisotopic (exact) mass is 648 g/mol. The lowest BCUT2D eigenvalue weighted by Gasteiger charge is -2.34. The first-order chi connectivity index (χ1) is 25.3. The van der Waals surface area contributed by atoms with Crippen LogP contribution >= 0.6 is 0 Å². The zero-order valence-corrected chi connectivity index (χ0v) is 27.8. The van der Waals surface area contributed by atoms with Gasteiger partial charge >= 0.3 is 0 Å². The van der Waals surface area contributed by atoms with Crippen molar-refractivity contribution in [2.24, 2.45) is 0 Å². The summed E-state index contributed by atoms with van der Waals surface area (Å²) in [7, 11) is 0. The van der Waals surface area contributed by atoms with E-state index in [4.69, 9.17) is 0 Å². The Morgan fingerprint density at radius 1 is 0.294 bits per heavy atom. The average molecular weight is 649 g/mol. The van der Waals surface area contributed by atoms with Crippen molar-refractivity contribution < 1.29 is 0 Å². The minimum absolute atomic E-state index is 0.468. The van der Waals surface area contributed by atoms with Crippen LogP contribution in [0.25, 0.3) is 77.0 Å². The molecule has 0 atom stereocenters. The van der Waals surface area contributed by atoms with E-state index in [1.807, 2.05) is 0 Å². The van der Waals surface area contributed by atoms with Crippen LogP contribution in [0.2, 0.25) is 0 Å². The van der Waals surface area contributed by atoms with Gasteiger partial charge in [0.25, 0.3) is 0 Å². The number of nitrogens with one attached hydrogen (secondary N) is 2. The van der Waals surface area contributed by atoms with E-state index in [0.29, 0.717) is 0 Å². The molecule has 8 aromatic carbocycles. The molecule has 10 aromatic rings. The van der Waals surface area contributed by atoms with Crippen molar-refractivity contribution in [2.75, 3.05) is 0 Å². The van der Waals surface area contributed by atoms with Crippen molar-refractivity contribution in [3.8, 4) is 33.4 Å². The van der Waals surface area contributed by atoms with Crippen molar-refractivity contribution >= 4 is 43.6 Å². The molecule has 0 amide bonds. The summed E-state index contributed by atoms with van der Waals surface area (Å²) < 4.78 is 0. The van der Waals surface area contributed by atoms with E-state index < -0.39 is 5.41 Å². The molecule has 238 valence electrons. The van der Waals surface area contributed by atoms with Gasteiger partial charge in [0.1, 0.15) is 0 Å². The van der Waals surface area contributed by atoms with Gasteiger partial charge in [0.2, 0.25) is 0 Å². The van der Waals surface area contributed by atoms with Crippen LogP contribution in [-0.4, -0.2) is 9.97 Å². The second-order valence-electron chi connectivity index (χ2n) is 13.8. The highest BCUT2D eigenvalue weighted by molar-refractivity contribution is 6.13. The predicted molar refractivity (Wildman–Crippen MR) is 213 cm³/mol. The Bertz CT molecular complexity index is 2750. The fourth-order valence-electron chi connectivity index (χ4n) is 9.05. The molecule has 0 bridgehead atoms. The van der Waals surface area contributed by atoms with E-state index >= 15 is 0 Å². The molecular formula is C49H32N2. The first-order valence-corrected chi connectivity index (χ1v) is 17.7. The summed E-state index contributed by atoms with van der Waals surface area (Å²) >= 11 is 0. The molecule has 1 aliphatic carbocycles. The van der Waals surface area contributed by atoms with Crippen LogP contribution in [0.4, 0.5) is 0 Å². The van der Waals surface area contributed by atoms with Gasteiger partial charge in [-0.05, 0) is 56.6 Å². The van der Waals surface area contributed by atoms with Crippen molar-refractivity contribution in [1.82, 2.24) is 9.97 Å². The Kier molecular flexibility index (Phi) is 5.91. The second-order valence-corrected chi connectivity index (χ2v) is 13.8. The Morgan fingerprint density at radius 2 is 0.667 bits per heavy atom. The molecule has 0 spiro atoms. The molecule has 0 saturated carbocycles. The van der Waals surface area contributed by atoms with Crippen LogP contribution in [0.15, 0.2) is 182 Å². The molecule has 0 saturated heterocycles. The molecule has 2 heterocycles. The zero-order valence-electron chi connectivity index (χ0n) is 27.8. The number of H-pyrrole nitrogens is 2. The lowest BCUT2D eigenvalue weighted by atomic mass is 9.67. The number of benzene rings is 8. The summed E-state index contributed by atoms with van der Waals surface area (Å²) in [5.74, 6) is 0. The van der Waals surface area contributed by atoms with Crippen LogP contribution in [0.1, 0.15) is 22.3 Å². The maximum Gasteiger partial charge on any atom is 0.0713 e. The van der Waals surface area contributed by atoms with E-state index in [1.54, 1.807) is 0 Å². The third-order valence-corrected chi connectivity index (χ3v) is 11.3. The van der Waals surface area contributed by atoms with Crippen molar-refractivity contribution in [3.63, 3.8) is 0 Å². The van der Waals surface area contributed by atoms with Crippen molar-refractivity contribution in [1.29, 1.82) is 0 Å². The van der Waals surface area contributed by atoms with Gasteiger partial charge in [-0.2, -0.15) is 0 Å². The molecule has 0 unspecified atom stereocenters. The minimum Gasteiger partial charge on any atom is -0.354 e. The molecule has 51 heavy (non-hydrogen) atoms. The second kappa shape index (κ2) is 10.7. The average Bonchev–Trinajstić information content (AvgIpc) is 3.87. The maximum atomic E-state index is 3.71. The molecule has 1 aliphatic rings. The summed E-state index contributed by atoms with van der Waals surface area (Å²) in [6, 6.07) is 67.0. The van der Waals surface area contributed by atoms with Gasteiger partial charge in [-0.1, -0.05) is 170 Å². The van der Waals surface area contributed by atoms with Gasteiger partial charge in [-0.25, -0.2) is 0 Å². The number of rotatable bonds is 4. The number of para-hydroxylation sites is 4. The maximum absolute atomic E-state index is 3.71. The zero-order chi connectivity index (χ0) is 33.5. The summed E-state index contributed by atoms with van der Waals surface area (Å²) in [5, 5.41) is 5.03. The molecular weight excluding hydrogens is 617 g/mol. The lowest BCUT2D eigenvalue weighted by molar-refractivity contribution is 0.769. The lowest BCUT2D eigenvalue weighted by Crippen LogP contribution is -2.28. The van der Waals surface area contributed by atoms with Gasteiger partial charge in [0, 0.05) is 43.7 Å². The number of aromatic nitrogens is 2. The Balaban J connectivity index is 1.10. The molecule has 2 nitrogen and oxygen atoms in total. The van der Waals surface area contributed by atoms with Gasteiger partial charge in [-0.3, -0.25) is 0 Å². The summed E-state index contributed by atoms with van der Waals surface area (Å²) in [4.78, 5) is 7.42. The third kappa shape index (κ3) is 3.93. The quantitative estimate of drug-likeness (QED) is 0.190. The fourth-order valence-corrected chi connectivity index (χ4v) is 9.05. The van der Waals surface area contributed by atoms with E-state index in [0.717, 1.165) is 0 Å². The smallest absolute Gasteiger partial charge is 0.0713 e. The predicted octanol–water partition coefficient (Wildman–Crippen LogP) is 12.7. The Morgan fingerprint density at radius 3 is 1.14 bits per heavy atom. The summed E-state index contributed by atoms with van der Waals surface area (Å²) in [6.45, 7) is 0. The molecule has 0 radical (unpaired) electrons. The summed E-state index contributed by atoms with van der Waals surface area (Å²) in [5.41, 5.74) is 16.8. The number of hydrogen-bond donors (Lipinski definition) is 2. The first kappa shape index (κ1) is 28.2. The van der Waals surface area contributed by atoms with E-state index in [2.05, 4.69) is 192 Å². The van der Waals surface area contributed by atoms with Crippen molar-refractivity contribution in [3.05, 3.63) is 204 Å². The Hall–Kier alpha value is -6.64. The normalized spacial score (nSPS) is 13.3. The molecule has 0 aliphatic heterocycles. The molecule has 2 aromatic heterocycles. The number of aromatic amines is 2. The SMILES string of the molecule is c1ccc2c(c1)-c1ccccc1C2(c1ccc(-c2cccc3c2[nH]c2ccccc23)cc1)c1ccc(-c2cccc3c2[nH]c2ccccc23)cc1. The number of fused-ring (bicyclic) bond motifs is 9. The first-order valence-electron chi connectivity index (χ1n) is 17.7. The third-order valence-electron chi connectivity index (χ3n) is 11.3.